The molecule has 1 N–H and O–H groups in total. The van der Waals surface area contributed by atoms with Gasteiger partial charge in [-0.2, -0.15) is 0 Å². The molecule has 1 unspecified atom stereocenters. The normalized spacial score (nSPS) is 13.3. The zero-order chi connectivity index (χ0) is 38.4. The zero-order valence-electron chi connectivity index (χ0n) is 34.5. The standard InChI is InChI=1S/C49H82O4/c1-3-5-7-9-11-13-15-17-19-20-21-22-23-24-25-26-27-28-29-31-33-35-37-39-41-43-45-52-47-48(46-50)53-49(51)44-42-40-38-36-34-32-30-18-16-14-12-10-8-6-4-2/h5,7,11,13,17-19,21-22,24-25,27-28,30-31,33,48,50H,3-4,6,8-10,12,14-16,20,23,26,29,32,34-47H2,1-2H3/b7-5-,13-11-,19-17-,22-21-,25-24-,28-27-,30-18-,33-31-. The van der Waals surface area contributed by atoms with Crippen molar-refractivity contribution in [3.8, 4) is 0 Å². The Labute approximate surface area is 328 Å². The highest BCUT2D eigenvalue weighted by Crippen LogP contribution is 2.11. The summed E-state index contributed by atoms with van der Waals surface area (Å²) in [6, 6.07) is 0. The van der Waals surface area contributed by atoms with Crippen molar-refractivity contribution < 1.29 is 19.4 Å². The van der Waals surface area contributed by atoms with Gasteiger partial charge in [0.2, 0.25) is 0 Å². The van der Waals surface area contributed by atoms with Crippen molar-refractivity contribution >= 4 is 5.97 Å². The first-order valence-electron chi connectivity index (χ1n) is 21.8. The van der Waals surface area contributed by atoms with Crippen LogP contribution in [0, 0.1) is 0 Å². The van der Waals surface area contributed by atoms with Crippen LogP contribution in [0.15, 0.2) is 97.2 Å². The van der Waals surface area contributed by atoms with E-state index >= 15 is 0 Å². The van der Waals surface area contributed by atoms with E-state index in [4.69, 9.17) is 9.47 Å². The Morgan fingerprint density at radius 1 is 0.472 bits per heavy atom. The molecule has 0 aromatic heterocycles. The second-order valence-electron chi connectivity index (χ2n) is 14.0. The van der Waals surface area contributed by atoms with Gasteiger partial charge >= 0.3 is 5.97 Å². The summed E-state index contributed by atoms with van der Waals surface area (Å²) in [5.74, 6) is -0.223. The van der Waals surface area contributed by atoms with Gasteiger partial charge in [0.25, 0.3) is 0 Å². The second kappa shape index (κ2) is 45.5. The summed E-state index contributed by atoms with van der Waals surface area (Å²) >= 11 is 0. The molecule has 0 aliphatic rings. The number of aliphatic hydroxyl groups excluding tert-OH is 1. The summed E-state index contributed by atoms with van der Waals surface area (Å²) in [5, 5.41) is 9.60. The average molecular weight is 735 g/mol. The van der Waals surface area contributed by atoms with Crippen LogP contribution in [0.3, 0.4) is 0 Å². The van der Waals surface area contributed by atoms with Crippen molar-refractivity contribution in [2.45, 2.75) is 187 Å². The molecule has 0 saturated heterocycles. The average Bonchev–Trinajstić information content (AvgIpc) is 3.16. The van der Waals surface area contributed by atoms with Crippen LogP contribution < -0.4 is 0 Å². The molecule has 0 aromatic rings. The number of carbonyl (C=O) groups is 1. The minimum absolute atomic E-state index is 0.191. The molecule has 0 radical (unpaired) electrons. The highest BCUT2D eigenvalue weighted by atomic mass is 16.6. The Hall–Kier alpha value is -2.69. The molecule has 0 rings (SSSR count). The maximum atomic E-state index is 12.2. The van der Waals surface area contributed by atoms with Crippen molar-refractivity contribution in [1.82, 2.24) is 0 Å². The van der Waals surface area contributed by atoms with Crippen LogP contribution in [0.1, 0.15) is 181 Å². The predicted octanol–water partition coefficient (Wildman–Crippen LogP) is 14.5. The Bertz CT molecular complexity index is 996. The monoisotopic (exact) mass is 735 g/mol. The lowest BCUT2D eigenvalue weighted by Crippen LogP contribution is -2.27. The van der Waals surface area contributed by atoms with Crippen LogP contribution in [0.2, 0.25) is 0 Å². The minimum Gasteiger partial charge on any atom is -0.457 e. The molecule has 4 nitrogen and oxygen atoms in total. The number of rotatable bonds is 39. The SMILES string of the molecule is CC/C=C\C/C=C\C/C=C\C/C=C\C/C=C\C/C=C\C/C=C\CCCCCCOCC(CO)OC(=O)CCCCCCC/C=C\CCCCCCCC. The van der Waals surface area contributed by atoms with E-state index in [9.17, 15) is 9.90 Å². The molecule has 0 heterocycles. The van der Waals surface area contributed by atoms with Crippen LogP contribution in [0.5, 0.6) is 0 Å². The first-order valence-corrected chi connectivity index (χ1v) is 21.8. The van der Waals surface area contributed by atoms with Crippen molar-refractivity contribution in [2.24, 2.45) is 0 Å². The molecular formula is C49H82O4. The highest BCUT2D eigenvalue weighted by Gasteiger charge is 2.13. The summed E-state index contributed by atoms with van der Waals surface area (Å²) in [6.07, 6.45) is 64.7. The van der Waals surface area contributed by atoms with Gasteiger partial charge in [0.05, 0.1) is 13.2 Å². The number of hydrogen-bond acceptors (Lipinski definition) is 4. The Kier molecular flexibility index (Phi) is 43.2. The molecule has 4 heteroatoms. The lowest BCUT2D eigenvalue weighted by molar-refractivity contribution is -0.154. The second-order valence-corrected chi connectivity index (χ2v) is 14.0. The van der Waals surface area contributed by atoms with Gasteiger partial charge in [-0.05, 0) is 96.3 Å². The largest absolute Gasteiger partial charge is 0.457 e. The molecule has 0 bridgehead atoms. The van der Waals surface area contributed by atoms with E-state index in [1.807, 2.05) is 0 Å². The fourth-order valence-electron chi connectivity index (χ4n) is 5.65. The molecule has 0 aromatic carbocycles. The smallest absolute Gasteiger partial charge is 0.306 e. The van der Waals surface area contributed by atoms with E-state index in [2.05, 4.69) is 111 Å². The number of carbonyl (C=O) groups excluding carboxylic acids is 1. The molecule has 0 spiro atoms. The third kappa shape index (κ3) is 43.6. The van der Waals surface area contributed by atoms with E-state index in [0.717, 1.165) is 83.5 Å². The molecule has 0 aliphatic carbocycles. The van der Waals surface area contributed by atoms with Crippen LogP contribution in [0.25, 0.3) is 0 Å². The Morgan fingerprint density at radius 2 is 0.849 bits per heavy atom. The van der Waals surface area contributed by atoms with E-state index < -0.39 is 6.10 Å². The number of ether oxygens (including phenoxy) is 2. The summed E-state index contributed by atoms with van der Waals surface area (Å²) < 4.78 is 11.1. The van der Waals surface area contributed by atoms with Gasteiger partial charge in [-0.15, -0.1) is 0 Å². The van der Waals surface area contributed by atoms with Crippen LogP contribution in [-0.4, -0.2) is 37.0 Å². The van der Waals surface area contributed by atoms with Gasteiger partial charge in [-0.25, -0.2) is 0 Å². The quantitative estimate of drug-likeness (QED) is 0.0388. The summed E-state index contributed by atoms with van der Waals surface area (Å²) in [6.45, 7) is 5.15. The summed E-state index contributed by atoms with van der Waals surface area (Å²) in [7, 11) is 0. The maximum absolute atomic E-state index is 12.2. The first kappa shape index (κ1) is 50.3. The van der Waals surface area contributed by atoms with Gasteiger partial charge < -0.3 is 14.6 Å². The predicted molar refractivity (Wildman–Crippen MR) is 232 cm³/mol. The molecule has 53 heavy (non-hydrogen) atoms. The number of aliphatic hydroxyl groups is 1. The molecule has 0 fully saturated rings. The van der Waals surface area contributed by atoms with Gasteiger partial charge in [0.15, 0.2) is 0 Å². The van der Waals surface area contributed by atoms with Crippen LogP contribution >= 0.6 is 0 Å². The van der Waals surface area contributed by atoms with Crippen molar-refractivity contribution in [1.29, 1.82) is 0 Å². The number of unbranched alkanes of at least 4 members (excludes halogenated alkanes) is 15. The number of allylic oxidation sites excluding steroid dienone is 16. The summed E-state index contributed by atoms with van der Waals surface area (Å²) in [5.41, 5.74) is 0. The van der Waals surface area contributed by atoms with E-state index in [1.165, 1.54) is 77.0 Å². The topological polar surface area (TPSA) is 55.8 Å². The van der Waals surface area contributed by atoms with E-state index in [1.54, 1.807) is 0 Å². The number of esters is 1. The molecule has 0 amide bonds. The molecule has 0 aliphatic heterocycles. The fraction of sp³-hybridized carbons (Fsp3) is 0.653. The first-order chi connectivity index (χ1) is 26.2. The van der Waals surface area contributed by atoms with Crippen molar-refractivity contribution in [2.75, 3.05) is 19.8 Å². The van der Waals surface area contributed by atoms with Gasteiger partial charge in [0, 0.05) is 13.0 Å². The lowest BCUT2D eigenvalue weighted by Gasteiger charge is -2.15. The highest BCUT2D eigenvalue weighted by molar-refractivity contribution is 5.69. The molecule has 0 saturated carbocycles. The molecule has 1 atom stereocenters. The van der Waals surface area contributed by atoms with Crippen LogP contribution in [0.4, 0.5) is 0 Å². The van der Waals surface area contributed by atoms with Crippen molar-refractivity contribution in [3.63, 3.8) is 0 Å². The third-order valence-corrected chi connectivity index (χ3v) is 8.89. The van der Waals surface area contributed by atoms with E-state index in [0.29, 0.717) is 13.0 Å². The zero-order valence-corrected chi connectivity index (χ0v) is 34.5. The minimum atomic E-state index is -0.558. The van der Waals surface area contributed by atoms with Gasteiger partial charge in [-0.1, -0.05) is 175 Å². The van der Waals surface area contributed by atoms with Gasteiger partial charge in [-0.3, -0.25) is 4.79 Å². The molecule has 302 valence electrons. The van der Waals surface area contributed by atoms with E-state index in [-0.39, 0.29) is 19.2 Å². The number of hydrogen-bond donors (Lipinski definition) is 1. The molecular weight excluding hydrogens is 653 g/mol. The Balaban J connectivity index is 3.57. The maximum Gasteiger partial charge on any atom is 0.306 e. The summed E-state index contributed by atoms with van der Waals surface area (Å²) in [4.78, 5) is 12.2. The van der Waals surface area contributed by atoms with Crippen LogP contribution in [-0.2, 0) is 14.3 Å². The van der Waals surface area contributed by atoms with Gasteiger partial charge in [0.1, 0.15) is 6.10 Å². The lowest BCUT2D eigenvalue weighted by atomic mass is 10.1. The van der Waals surface area contributed by atoms with Crippen molar-refractivity contribution in [3.05, 3.63) is 97.2 Å². The third-order valence-electron chi connectivity index (χ3n) is 8.89. The fourth-order valence-corrected chi connectivity index (χ4v) is 5.65. The Morgan fingerprint density at radius 3 is 1.30 bits per heavy atom.